The van der Waals surface area contributed by atoms with Gasteiger partial charge in [-0.05, 0) is 10.3 Å². The van der Waals surface area contributed by atoms with Gasteiger partial charge < -0.3 is 19.7 Å². The van der Waals surface area contributed by atoms with E-state index in [4.69, 9.17) is 10.2 Å². The van der Waals surface area contributed by atoms with Crippen LogP contribution in [-0.2, 0) is 0 Å². The lowest BCUT2D eigenvalue weighted by molar-refractivity contribution is 0.130. The molecule has 0 aliphatic carbocycles. The molecule has 0 amide bonds. The van der Waals surface area contributed by atoms with E-state index in [0.29, 0.717) is 0 Å². The molecule has 13 heavy (non-hydrogen) atoms. The topological polar surface area (TPSA) is 132 Å². The molecule has 0 radical (unpaired) electrons. The molecule has 1 aromatic rings. The third kappa shape index (κ3) is 2.32. The van der Waals surface area contributed by atoms with Gasteiger partial charge in [0.15, 0.2) is 0 Å². The third-order valence-electron chi connectivity index (χ3n) is 0.798. The van der Waals surface area contributed by atoms with Crippen LogP contribution in [0.5, 0.6) is 11.8 Å². The van der Waals surface area contributed by atoms with Crippen molar-refractivity contribution >= 4 is 12.3 Å². The van der Waals surface area contributed by atoms with Crippen molar-refractivity contribution in [2.75, 3.05) is 0 Å². The summed E-state index contributed by atoms with van der Waals surface area (Å²) in [4.78, 5) is 19.9. The largest absolute Gasteiger partial charge is 0.512 e. The van der Waals surface area contributed by atoms with Gasteiger partial charge in [-0.1, -0.05) is 0 Å². The molecule has 70 valence electrons. The summed E-state index contributed by atoms with van der Waals surface area (Å²) in [6.45, 7) is 0. The first kappa shape index (κ1) is 8.77. The molecule has 0 saturated heterocycles. The Morgan fingerprint density at radius 1 is 1.08 bits per heavy atom. The minimum absolute atomic E-state index is 0.671. The molecule has 1 heterocycles. The van der Waals surface area contributed by atoms with Gasteiger partial charge >= 0.3 is 24.1 Å². The fourth-order valence-corrected chi connectivity index (χ4v) is 0.463. The Labute approximate surface area is 69.4 Å². The maximum absolute atomic E-state index is 9.97. The molecule has 2 N–H and O–H groups in total. The SMILES string of the molecule is O=C(O)Oc1nonc1OC(=O)O. The monoisotopic (exact) mass is 190 g/mol. The molecule has 1 aromatic heterocycles. The first-order valence-electron chi connectivity index (χ1n) is 2.73. The summed E-state index contributed by atoms with van der Waals surface area (Å²) < 4.78 is 11.9. The summed E-state index contributed by atoms with van der Waals surface area (Å²) in [6, 6.07) is 0. The van der Waals surface area contributed by atoms with Gasteiger partial charge in [0.2, 0.25) is 0 Å². The van der Waals surface area contributed by atoms with Crippen molar-refractivity contribution in [3.63, 3.8) is 0 Å². The molecule has 0 bridgehead atoms. The second-order valence-corrected chi connectivity index (χ2v) is 1.61. The summed E-state index contributed by atoms with van der Waals surface area (Å²) in [5.74, 6) is -1.34. The van der Waals surface area contributed by atoms with Crippen LogP contribution < -0.4 is 9.47 Å². The van der Waals surface area contributed by atoms with E-state index in [1.165, 1.54) is 0 Å². The molecule has 1 rings (SSSR count). The number of nitrogens with zero attached hydrogens (tertiary/aromatic N) is 2. The number of rotatable bonds is 2. The number of hydrogen-bond acceptors (Lipinski definition) is 7. The highest BCUT2D eigenvalue weighted by atomic mass is 16.7. The number of hydrogen-bond donors (Lipinski definition) is 2. The van der Waals surface area contributed by atoms with Crippen molar-refractivity contribution in [2.45, 2.75) is 0 Å². The van der Waals surface area contributed by atoms with Crippen LogP contribution in [0.2, 0.25) is 0 Å². The van der Waals surface area contributed by atoms with Gasteiger partial charge in [-0.3, -0.25) is 0 Å². The van der Waals surface area contributed by atoms with E-state index in [1.807, 2.05) is 0 Å². The Balaban J connectivity index is 2.76. The van der Waals surface area contributed by atoms with Gasteiger partial charge in [-0.25, -0.2) is 14.2 Å². The van der Waals surface area contributed by atoms with Crippen LogP contribution in [0.3, 0.4) is 0 Å². The Hall–Kier alpha value is -2.32. The molecule has 0 fully saturated rings. The zero-order valence-corrected chi connectivity index (χ0v) is 5.83. The number of carboxylic acid groups (broad SMARTS) is 2. The lowest BCUT2D eigenvalue weighted by Crippen LogP contribution is -2.08. The molecule has 9 nitrogen and oxygen atoms in total. The van der Waals surface area contributed by atoms with E-state index in [2.05, 4.69) is 24.4 Å². The van der Waals surface area contributed by atoms with E-state index >= 15 is 0 Å². The lowest BCUT2D eigenvalue weighted by Gasteiger charge is -1.94. The first-order valence-corrected chi connectivity index (χ1v) is 2.73. The minimum atomic E-state index is -1.69. The van der Waals surface area contributed by atoms with Crippen molar-refractivity contribution in [3.8, 4) is 11.8 Å². The molecule has 0 atom stereocenters. The molecular weight excluding hydrogens is 188 g/mol. The Morgan fingerprint density at radius 2 is 1.46 bits per heavy atom. The van der Waals surface area contributed by atoms with Crippen molar-refractivity contribution in [2.24, 2.45) is 0 Å². The molecule has 0 aliphatic rings. The Bertz CT molecular complexity index is 300. The molecular formula is C4H2N2O7. The normalized spacial score (nSPS) is 9.23. The molecule has 0 spiro atoms. The molecule has 0 unspecified atom stereocenters. The average Bonchev–Trinajstić information content (AvgIpc) is 2.34. The first-order chi connectivity index (χ1) is 6.09. The summed E-state index contributed by atoms with van der Waals surface area (Å²) >= 11 is 0. The van der Waals surface area contributed by atoms with Crippen LogP contribution >= 0.6 is 0 Å². The zero-order valence-electron chi connectivity index (χ0n) is 5.83. The third-order valence-corrected chi connectivity index (χ3v) is 0.798. The van der Waals surface area contributed by atoms with Crippen LogP contribution in [0.15, 0.2) is 4.63 Å². The van der Waals surface area contributed by atoms with E-state index in [0.717, 1.165) is 0 Å². The van der Waals surface area contributed by atoms with E-state index < -0.39 is 24.1 Å². The van der Waals surface area contributed by atoms with Gasteiger partial charge in [-0.2, -0.15) is 0 Å². The Kier molecular flexibility index (Phi) is 2.28. The Morgan fingerprint density at radius 3 is 1.77 bits per heavy atom. The second kappa shape index (κ2) is 3.38. The van der Waals surface area contributed by atoms with E-state index in [9.17, 15) is 9.59 Å². The average molecular weight is 190 g/mol. The van der Waals surface area contributed by atoms with Crippen LogP contribution in [-0.4, -0.2) is 32.8 Å². The quantitative estimate of drug-likeness (QED) is 0.626. The van der Waals surface area contributed by atoms with Gasteiger partial charge in [0, 0.05) is 0 Å². The highest BCUT2D eigenvalue weighted by molar-refractivity contribution is 5.64. The highest BCUT2D eigenvalue weighted by Crippen LogP contribution is 2.21. The summed E-state index contributed by atoms with van der Waals surface area (Å²) in [5.41, 5.74) is 0. The van der Waals surface area contributed by atoms with Crippen molar-refractivity contribution in [3.05, 3.63) is 0 Å². The summed E-state index contributed by atoms with van der Waals surface area (Å²) in [5, 5.41) is 22.1. The van der Waals surface area contributed by atoms with Gasteiger partial charge in [-0.15, -0.1) is 0 Å². The molecule has 9 heteroatoms. The number of aromatic nitrogens is 2. The zero-order chi connectivity index (χ0) is 9.84. The van der Waals surface area contributed by atoms with Crippen LogP contribution in [0.1, 0.15) is 0 Å². The smallest absolute Gasteiger partial charge is 0.449 e. The maximum Gasteiger partial charge on any atom is 0.512 e. The fraction of sp³-hybridized carbons (Fsp3) is 0. The predicted octanol–water partition coefficient (Wildman–Crippen LogP) is 0.183. The predicted molar refractivity (Wildman–Crippen MR) is 31.6 cm³/mol. The maximum atomic E-state index is 9.97. The summed E-state index contributed by atoms with van der Waals surface area (Å²) in [7, 11) is 0. The molecule has 0 aromatic carbocycles. The lowest BCUT2D eigenvalue weighted by atomic mass is 10.8. The van der Waals surface area contributed by atoms with Gasteiger partial charge in [0.25, 0.3) is 0 Å². The highest BCUT2D eigenvalue weighted by Gasteiger charge is 2.18. The minimum Gasteiger partial charge on any atom is -0.449 e. The number of carbonyl (C=O) groups is 2. The van der Waals surface area contributed by atoms with Crippen LogP contribution in [0, 0.1) is 0 Å². The summed E-state index contributed by atoms with van der Waals surface area (Å²) in [6.07, 6.45) is -3.38. The van der Waals surface area contributed by atoms with Crippen molar-refractivity contribution in [1.82, 2.24) is 10.3 Å². The molecule has 0 saturated carbocycles. The van der Waals surface area contributed by atoms with Crippen LogP contribution in [0.4, 0.5) is 9.59 Å². The standard InChI is InChI=1S/C4H2N2O7/c7-3(8)11-1-2(6-13-5-1)12-4(9)10/h(H,7,8)(H,9,10). The second-order valence-electron chi connectivity index (χ2n) is 1.61. The van der Waals surface area contributed by atoms with E-state index in [-0.39, 0.29) is 0 Å². The van der Waals surface area contributed by atoms with Crippen LogP contribution in [0.25, 0.3) is 0 Å². The van der Waals surface area contributed by atoms with E-state index in [1.54, 1.807) is 0 Å². The van der Waals surface area contributed by atoms with Gasteiger partial charge in [0.05, 0.1) is 0 Å². The number of ether oxygens (including phenoxy) is 2. The fourth-order valence-electron chi connectivity index (χ4n) is 0.463. The van der Waals surface area contributed by atoms with Gasteiger partial charge in [0.1, 0.15) is 0 Å². The van der Waals surface area contributed by atoms with Crippen molar-refractivity contribution in [1.29, 1.82) is 0 Å². The molecule has 0 aliphatic heterocycles. The van der Waals surface area contributed by atoms with Crippen molar-refractivity contribution < 1.29 is 33.9 Å².